The van der Waals surface area contributed by atoms with Gasteiger partial charge in [0.1, 0.15) is 0 Å². The van der Waals surface area contributed by atoms with E-state index in [1.165, 1.54) is 39.0 Å². The van der Waals surface area contributed by atoms with Gasteiger partial charge in [-0.1, -0.05) is 120 Å². The first kappa shape index (κ1) is 18.7. The molecule has 0 N–H and O–H groups in total. The highest BCUT2D eigenvalue weighted by Gasteiger charge is 2.48. The highest BCUT2D eigenvalue weighted by molar-refractivity contribution is 14.2. The van der Waals surface area contributed by atoms with Crippen molar-refractivity contribution in [3.8, 4) is 0 Å². The van der Waals surface area contributed by atoms with E-state index >= 15 is 0 Å². The Balaban J connectivity index is 1.94. The molecule has 1 aliphatic heterocycles. The number of halogens is 1. The molecule has 0 unspecified atom stereocenters. The van der Waals surface area contributed by atoms with Crippen molar-refractivity contribution in [2.45, 2.75) is 31.6 Å². The molecule has 0 amide bonds. The summed E-state index contributed by atoms with van der Waals surface area (Å²) in [5, 5.41) is 0. The molecular formula is C28H25I. The Kier molecular flexibility index (Phi) is 4.47. The maximum Gasteiger partial charge on any atom is 0.0717 e. The number of fused-ring (bicyclic) bond motifs is 3. The second kappa shape index (κ2) is 6.91. The Labute approximate surface area is 183 Å². The topological polar surface area (TPSA) is 0 Å². The molecule has 0 aromatic heterocycles. The number of allylic oxidation sites excluding steroid dienone is 3. The molecule has 29 heavy (non-hydrogen) atoms. The smallest absolute Gasteiger partial charge is 0.0717 e. The molecule has 0 nitrogen and oxygen atoms in total. The van der Waals surface area contributed by atoms with Crippen molar-refractivity contribution in [3.63, 3.8) is 0 Å². The summed E-state index contributed by atoms with van der Waals surface area (Å²) in [5.74, 6) is 0. The van der Waals surface area contributed by atoms with E-state index in [1.807, 2.05) is 0 Å². The average molecular weight is 488 g/mol. The van der Waals surface area contributed by atoms with Gasteiger partial charge in [-0.3, -0.25) is 0 Å². The Bertz CT molecular complexity index is 1120. The minimum Gasteiger partial charge on any atom is -0.0933 e. The molecule has 1 heteroatoms. The second-order valence-corrected chi connectivity index (χ2v) is 10.9. The van der Waals surface area contributed by atoms with Crippen molar-refractivity contribution in [2.24, 2.45) is 0 Å². The molecule has 3 aromatic carbocycles. The second-order valence-electron chi connectivity index (χ2n) is 8.85. The molecule has 0 bridgehead atoms. The van der Waals surface area contributed by atoms with Gasteiger partial charge in [-0.15, -0.1) is 0 Å². The van der Waals surface area contributed by atoms with Crippen molar-refractivity contribution in [1.82, 2.24) is 0 Å². The minimum atomic E-state index is -0.237. The van der Waals surface area contributed by atoms with Gasteiger partial charge in [-0.05, 0) is 58.5 Å². The quantitative estimate of drug-likeness (QED) is 0.330. The van der Waals surface area contributed by atoms with Crippen molar-refractivity contribution >= 4 is 30.3 Å². The molecule has 0 radical (unpaired) electrons. The van der Waals surface area contributed by atoms with Crippen molar-refractivity contribution in [2.75, 3.05) is 0 Å². The fraction of sp³-hybridized carbons (Fsp3) is 0.179. The summed E-state index contributed by atoms with van der Waals surface area (Å²) in [6.07, 6.45) is 2.38. The summed E-state index contributed by atoms with van der Waals surface area (Å²) in [6.45, 7) is 6.92. The van der Waals surface area contributed by atoms with Crippen LogP contribution in [0.5, 0.6) is 0 Å². The molecule has 0 saturated carbocycles. The lowest BCUT2D eigenvalue weighted by atomic mass is 9.67. The van der Waals surface area contributed by atoms with Crippen LogP contribution in [-0.4, -0.2) is 4.01 Å². The van der Waals surface area contributed by atoms with E-state index in [1.54, 1.807) is 0 Å². The van der Waals surface area contributed by atoms with Crippen LogP contribution in [0.2, 0.25) is 0 Å². The molecule has 0 spiro atoms. The minimum absolute atomic E-state index is 0.0608. The Morgan fingerprint density at radius 2 is 1.38 bits per heavy atom. The highest BCUT2D eigenvalue weighted by atomic mass is 127. The maximum atomic E-state index is 2.55. The molecule has 0 saturated heterocycles. The van der Waals surface area contributed by atoms with Crippen LogP contribution in [0, 0.1) is 0 Å². The van der Waals surface area contributed by atoms with Gasteiger partial charge in [-0.25, -0.2) is 0 Å². The van der Waals surface area contributed by atoms with E-state index in [0.29, 0.717) is 0 Å². The number of benzene rings is 3. The number of hydrogen-bond donors (Lipinski definition) is 0. The van der Waals surface area contributed by atoms with Crippen molar-refractivity contribution in [3.05, 3.63) is 122 Å². The Morgan fingerprint density at radius 3 is 1.97 bits per heavy atom. The summed E-state index contributed by atoms with van der Waals surface area (Å²) >= 11 is -0.0608. The average Bonchev–Trinajstić information content (AvgIpc) is 3.05. The van der Waals surface area contributed by atoms with Crippen molar-refractivity contribution in [1.29, 1.82) is 0 Å². The Hall–Kier alpha value is -2.26. The van der Waals surface area contributed by atoms with Gasteiger partial charge in [0.2, 0.25) is 0 Å². The largest absolute Gasteiger partial charge is 0.0933 e. The first-order valence-electron chi connectivity index (χ1n) is 10.2. The maximum absolute atomic E-state index is 2.55. The molecular weight excluding hydrogens is 463 g/mol. The summed E-state index contributed by atoms with van der Waals surface area (Å²) in [5.41, 5.74) is 9.69. The first-order valence-corrected chi connectivity index (χ1v) is 12.6. The molecule has 2 aliphatic rings. The molecule has 5 rings (SSSR count). The lowest BCUT2D eigenvalue weighted by Crippen LogP contribution is -2.29. The SMILES string of the molecule is CC(C)(C)c1ccc2c(c1)C(c1ccccc1)(c1ccccc1)C1=CI=CC=C12. The first-order chi connectivity index (χ1) is 14.0. The third-order valence-corrected chi connectivity index (χ3v) is 7.92. The van der Waals surface area contributed by atoms with E-state index in [2.05, 4.69) is 114 Å². The van der Waals surface area contributed by atoms with Gasteiger partial charge in [0.05, 0.1) is 5.41 Å². The standard InChI is InChI=1S/C28H25I/c1-27(2,3)22-14-15-23-24-16-17-29-19-26(24)28(25(23)18-22,20-10-6-4-7-11-20)21-12-8-5-9-13-21/h4-19H,1-3H3. The van der Waals surface area contributed by atoms with Crippen LogP contribution in [0.25, 0.3) is 5.57 Å². The zero-order chi connectivity index (χ0) is 20.1. The van der Waals surface area contributed by atoms with E-state index in [4.69, 9.17) is 0 Å². The van der Waals surface area contributed by atoms with Gasteiger partial charge in [0, 0.05) is 0 Å². The molecule has 1 aliphatic carbocycles. The van der Waals surface area contributed by atoms with Crippen LogP contribution in [-0.2, 0) is 10.8 Å². The summed E-state index contributed by atoms with van der Waals surface area (Å²) in [4.78, 5) is 0. The molecule has 144 valence electrons. The third kappa shape index (κ3) is 2.82. The summed E-state index contributed by atoms with van der Waals surface area (Å²) < 4.78 is 4.94. The van der Waals surface area contributed by atoms with Gasteiger partial charge >= 0.3 is 0 Å². The van der Waals surface area contributed by atoms with Gasteiger partial charge in [0.25, 0.3) is 0 Å². The fourth-order valence-corrected chi connectivity index (χ4v) is 6.67. The van der Waals surface area contributed by atoms with E-state index in [0.717, 1.165) is 0 Å². The van der Waals surface area contributed by atoms with Crippen molar-refractivity contribution < 1.29 is 0 Å². The van der Waals surface area contributed by atoms with Crippen LogP contribution >= 0.6 is 20.7 Å². The fourth-order valence-electron chi connectivity index (χ4n) is 4.73. The van der Waals surface area contributed by atoms with E-state index < -0.39 is 0 Å². The van der Waals surface area contributed by atoms with E-state index in [9.17, 15) is 0 Å². The molecule has 0 fully saturated rings. The lowest BCUT2D eigenvalue weighted by Gasteiger charge is -2.35. The zero-order valence-corrected chi connectivity index (χ0v) is 19.3. The predicted molar refractivity (Wildman–Crippen MR) is 134 cm³/mol. The Morgan fingerprint density at radius 1 is 0.759 bits per heavy atom. The normalized spacial score (nSPS) is 16.9. The summed E-state index contributed by atoms with van der Waals surface area (Å²) in [6, 6.07) is 29.4. The highest BCUT2D eigenvalue weighted by Crippen LogP contribution is 2.58. The number of hydrogen-bond acceptors (Lipinski definition) is 0. The monoisotopic (exact) mass is 488 g/mol. The molecule has 3 aromatic rings. The van der Waals surface area contributed by atoms with Crippen LogP contribution in [0.1, 0.15) is 48.6 Å². The zero-order valence-electron chi connectivity index (χ0n) is 17.1. The van der Waals surface area contributed by atoms with Gasteiger partial charge < -0.3 is 0 Å². The number of rotatable bonds is 2. The van der Waals surface area contributed by atoms with Crippen LogP contribution < -0.4 is 0 Å². The predicted octanol–water partition coefficient (Wildman–Crippen LogP) is 7.39. The van der Waals surface area contributed by atoms with E-state index in [-0.39, 0.29) is 31.6 Å². The summed E-state index contributed by atoms with van der Waals surface area (Å²) in [7, 11) is 0. The molecule has 0 atom stereocenters. The van der Waals surface area contributed by atoms with Crippen LogP contribution in [0.15, 0.2) is 94.6 Å². The van der Waals surface area contributed by atoms with Gasteiger partial charge in [-0.2, -0.15) is 0 Å². The molecule has 1 heterocycles. The lowest BCUT2D eigenvalue weighted by molar-refractivity contribution is 0.588. The van der Waals surface area contributed by atoms with Gasteiger partial charge in [0.15, 0.2) is 0 Å². The van der Waals surface area contributed by atoms with Crippen LogP contribution in [0.3, 0.4) is 0 Å². The third-order valence-electron chi connectivity index (χ3n) is 6.16. The van der Waals surface area contributed by atoms with Crippen LogP contribution in [0.4, 0.5) is 0 Å².